The van der Waals surface area contributed by atoms with E-state index in [1.165, 1.54) is 5.56 Å². The molecule has 0 spiro atoms. The summed E-state index contributed by atoms with van der Waals surface area (Å²) in [6, 6.07) is 7.99. The van der Waals surface area contributed by atoms with Crippen molar-refractivity contribution in [1.82, 2.24) is 5.32 Å². The fraction of sp³-hybridized carbons (Fsp3) is 0.519. The molecule has 0 atom stereocenters. The van der Waals surface area contributed by atoms with Gasteiger partial charge in [0.05, 0.1) is 0 Å². The predicted octanol–water partition coefficient (Wildman–Crippen LogP) is 7.11. The average Bonchev–Trinajstić information content (AvgIpc) is 2.62. The Morgan fingerprint density at radius 1 is 0.781 bits per heavy atom. The van der Waals surface area contributed by atoms with Crippen molar-refractivity contribution in [2.24, 2.45) is 0 Å². The van der Waals surface area contributed by atoms with Gasteiger partial charge in [0, 0.05) is 12.1 Å². The summed E-state index contributed by atoms with van der Waals surface area (Å²) in [4.78, 5) is 0. The first-order valence-electron chi connectivity index (χ1n) is 10.7. The maximum atomic E-state index is 10.2. The molecular weight excluding hydrogens is 439 g/mol. The molecule has 0 aliphatic rings. The van der Waals surface area contributed by atoms with Gasteiger partial charge < -0.3 is 28.7 Å². The van der Waals surface area contributed by atoms with Crippen molar-refractivity contribution in [2.45, 2.75) is 86.2 Å². The fourth-order valence-corrected chi connectivity index (χ4v) is 3.38. The van der Waals surface area contributed by atoms with E-state index >= 15 is 0 Å². The Morgan fingerprint density at radius 3 is 1.50 bits per heavy atom. The quantitative estimate of drug-likeness (QED) is 0.320. The van der Waals surface area contributed by atoms with E-state index in [0.29, 0.717) is 5.75 Å². The van der Waals surface area contributed by atoms with Crippen LogP contribution >= 0.6 is 0 Å². The van der Waals surface area contributed by atoms with Gasteiger partial charge in [-0.25, -0.2) is 0 Å². The summed E-state index contributed by atoms with van der Waals surface area (Å²) in [6.45, 7) is 20.5. The molecule has 2 rings (SSSR count). The third kappa shape index (κ3) is 9.15. The normalized spacial score (nSPS) is 11.1. The summed E-state index contributed by atoms with van der Waals surface area (Å²) in [5.41, 5.74) is 13.2. The number of aromatic hydroxyl groups is 2. The monoisotopic (exact) mass is 483 g/mol. The van der Waals surface area contributed by atoms with Crippen LogP contribution < -0.4 is 5.32 Å². The van der Waals surface area contributed by atoms with Crippen LogP contribution in [-0.2, 0) is 41.0 Å². The van der Waals surface area contributed by atoms with Gasteiger partial charge in [-0.1, -0.05) is 83.9 Å². The van der Waals surface area contributed by atoms with Gasteiger partial charge in [-0.15, -0.1) is 6.54 Å². The van der Waals surface area contributed by atoms with E-state index in [4.69, 9.17) is 5.73 Å². The smallest absolute Gasteiger partial charge is 0.674 e. The van der Waals surface area contributed by atoms with Gasteiger partial charge in [-0.3, -0.25) is 0 Å². The van der Waals surface area contributed by atoms with Crippen molar-refractivity contribution in [1.29, 1.82) is 0 Å². The zero-order valence-corrected chi connectivity index (χ0v) is 22.9. The number of phenolic OH excluding ortho intramolecular Hbond substituents is 2. The molecular formula is C27H44MnN2O2. The second-order valence-corrected chi connectivity index (χ2v) is 10.1. The minimum Gasteiger partial charge on any atom is -0.674 e. The van der Waals surface area contributed by atoms with Gasteiger partial charge in [0.15, 0.2) is 0 Å². The molecule has 0 saturated heterocycles. The zero-order valence-electron chi connectivity index (χ0n) is 21.7. The Labute approximate surface area is 207 Å². The summed E-state index contributed by atoms with van der Waals surface area (Å²) >= 11 is 0. The van der Waals surface area contributed by atoms with Gasteiger partial charge in [0.2, 0.25) is 0 Å². The van der Waals surface area contributed by atoms with E-state index in [2.05, 4.69) is 66.8 Å². The standard InChI is InChI=1S/C14H23NO.C12H18NO.CH3.Mn/c1-6-15-9-11-7-10(2)8-12(13(11)16)14(3,4)5;1-8-5-9(7-13)11(14)10(6-8)12(2,3)4;;/h7-8,15-16H,6,9H2,1-5H3;5-6,13-14H,7H2,1-4H3;1H3;/q;2*-1;+2. The van der Waals surface area contributed by atoms with Crippen LogP contribution in [0.3, 0.4) is 0 Å². The SMILES string of the molecule is CCNCc1cc(C)cc(C(C)(C)C)c1O.Cc1cc(C[NH-])c(O)c(C(C)(C)C)c1.[CH3-].[Mn+2]. The summed E-state index contributed by atoms with van der Waals surface area (Å²) in [5, 5.41) is 23.4. The summed E-state index contributed by atoms with van der Waals surface area (Å²) in [7, 11) is 0. The van der Waals surface area contributed by atoms with Crippen LogP contribution in [-0.4, -0.2) is 16.8 Å². The topological polar surface area (TPSA) is 76.3 Å². The van der Waals surface area contributed by atoms with E-state index in [1.807, 2.05) is 25.1 Å². The number of hydrogen-bond donors (Lipinski definition) is 3. The molecule has 2 aromatic carbocycles. The van der Waals surface area contributed by atoms with E-state index in [-0.39, 0.29) is 47.6 Å². The van der Waals surface area contributed by atoms with E-state index in [0.717, 1.165) is 40.9 Å². The van der Waals surface area contributed by atoms with Crippen molar-refractivity contribution in [3.05, 3.63) is 70.8 Å². The molecule has 1 radical (unpaired) electrons. The summed E-state index contributed by atoms with van der Waals surface area (Å²) in [5.74, 6) is 0.733. The van der Waals surface area contributed by atoms with Gasteiger partial charge in [-0.05, 0) is 47.9 Å². The van der Waals surface area contributed by atoms with Crippen LogP contribution in [0.1, 0.15) is 81.8 Å². The number of benzene rings is 2. The summed E-state index contributed by atoms with van der Waals surface area (Å²) < 4.78 is 0. The Bertz CT molecular complexity index is 850. The second-order valence-electron chi connectivity index (χ2n) is 10.1. The Kier molecular flexibility index (Phi) is 13.5. The van der Waals surface area contributed by atoms with Gasteiger partial charge >= 0.3 is 17.1 Å². The molecule has 0 heterocycles. The summed E-state index contributed by atoms with van der Waals surface area (Å²) in [6.07, 6.45) is 0. The number of aryl methyl sites for hydroxylation is 2. The fourth-order valence-electron chi connectivity index (χ4n) is 3.38. The van der Waals surface area contributed by atoms with Crippen LogP contribution in [0.25, 0.3) is 5.73 Å². The number of nitrogens with one attached hydrogen (secondary N) is 2. The molecule has 2 aromatic rings. The zero-order chi connectivity index (χ0) is 23.3. The molecule has 0 aromatic heterocycles. The first kappa shape index (κ1) is 32.7. The third-order valence-electron chi connectivity index (χ3n) is 5.04. The van der Waals surface area contributed by atoms with Gasteiger partial charge in [-0.2, -0.15) is 0 Å². The largest absolute Gasteiger partial charge is 2.00 e. The molecule has 0 fully saturated rings. The molecule has 0 unspecified atom stereocenters. The number of rotatable bonds is 4. The van der Waals surface area contributed by atoms with E-state index in [9.17, 15) is 10.2 Å². The first-order chi connectivity index (χ1) is 13.7. The van der Waals surface area contributed by atoms with Crippen LogP contribution in [0.4, 0.5) is 0 Å². The minimum absolute atomic E-state index is 0. The van der Waals surface area contributed by atoms with Crippen molar-refractivity contribution in [3.63, 3.8) is 0 Å². The molecule has 4 N–H and O–H groups in total. The number of hydrogen-bond acceptors (Lipinski definition) is 3. The Morgan fingerprint density at radius 2 is 1.16 bits per heavy atom. The second kappa shape index (κ2) is 13.3. The Hall–Kier alpha value is -1.52. The van der Waals surface area contributed by atoms with Crippen LogP contribution in [0.15, 0.2) is 24.3 Å². The molecule has 0 saturated carbocycles. The minimum atomic E-state index is -0.0694. The molecule has 0 aliphatic heterocycles. The van der Waals surface area contributed by atoms with Crippen molar-refractivity contribution < 1.29 is 27.3 Å². The molecule has 5 heteroatoms. The molecule has 181 valence electrons. The van der Waals surface area contributed by atoms with Crippen molar-refractivity contribution in [2.75, 3.05) is 6.54 Å². The van der Waals surface area contributed by atoms with E-state index < -0.39 is 0 Å². The third-order valence-corrected chi connectivity index (χ3v) is 5.04. The Balaban J connectivity index is 0. The average molecular weight is 484 g/mol. The maximum Gasteiger partial charge on any atom is 2.00 e. The van der Waals surface area contributed by atoms with Crippen molar-refractivity contribution in [3.8, 4) is 11.5 Å². The predicted molar refractivity (Wildman–Crippen MR) is 135 cm³/mol. The number of phenols is 2. The molecule has 4 nitrogen and oxygen atoms in total. The molecule has 0 bridgehead atoms. The van der Waals surface area contributed by atoms with Crippen molar-refractivity contribution >= 4 is 0 Å². The van der Waals surface area contributed by atoms with Crippen LogP contribution in [0.2, 0.25) is 0 Å². The molecule has 32 heavy (non-hydrogen) atoms. The molecule has 0 aliphatic carbocycles. The maximum absolute atomic E-state index is 10.2. The van der Waals surface area contributed by atoms with Crippen LogP contribution in [0, 0.1) is 21.3 Å². The first-order valence-corrected chi connectivity index (χ1v) is 10.7. The van der Waals surface area contributed by atoms with Crippen LogP contribution in [0.5, 0.6) is 11.5 Å². The van der Waals surface area contributed by atoms with Gasteiger partial charge in [0.25, 0.3) is 0 Å². The van der Waals surface area contributed by atoms with E-state index in [1.54, 1.807) is 0 Å². The molecule has 0 amide bonds. The van der Waals surface area contributed by atoms with Gasteiger partial charge in [0.1, 0.15) is 11.5 Å².